The smallest absolute Gasteiger partial charge is 0.236 e. The Morgan fingerprint density at radius 3 is 2.45 bits per heavy atom. The summed E-state index contributed by atoms with van der Waals surface area (Å²) >= 11 is 0. The van der Waals surface area contributed by atoms with Gasteiger partial charge in [-0.05, 0) is 44.2 Å². The molecule has 0 atom stereocenters. The van der Waals surface area contributed by atoms with Crippen LogP contribution in [0, 0.1) is 16.7 Å². The van der Waals surface area contributed by atoms with Crippen LogP contribution in [0.25, 0.3) is 0 Å². The molecule has 4 heteroatoms. The summed E-state index contributed by atoms with van der Waals surface area (Å²) in [7, 11) is 1.80. The van der Waals surface area contributed by atoms with Crippen molar-refractivity contribution in [1.29, 1.82) is 5.26 Å². The van der Waals surface area contributed by atoms with Crippen molar-refractivity contribution in [2.24, 2.45) is 5.41 Å². The molecule has 20 heavy (non-hydrogen) atoms. The van der Waals surface area contributed by atoms with Gasteiger partial charge in [0.25, 0.3) is 0 Å². The second-order valence-electron chi connectivity index (χ2n) is 6.56. The molecule has 1 heterocycles. The highest BCUT2D eigenvalue weighted by molar-refractivity contribution is 5.78. The first-order chi connectivity index (χ1) is 9.65. The molecule has 1 aliphatic heterocycles. The zero-order valence-corrected chi connectivity index (χ0v) is 12.7. The Hall–Kier alpha value is -1.08. The number of carbonyl (C=O) groups is 1. The second kappa shape index (κ2) is 7.08. The molecule has 1 saturated heterocycles. The highest BCUT2D eigenvalue weighted by Crippen LogP contribution is 2.44. The summed E-state index contributed by atoms with van der Waals surface area (Å²) < 4.78 is 0. The van der Waals surface area contributed by atoms with E-state index >= 15 is 0 Å². The molecule has 0 unspecified atom stereocenters. The van der Waals surface area contributed by atoms with E-state index in [0.717, 1.165) is 13.1 Å². The van der Waals surface area contributed by atoms with E-state index in [2.05, 4.69) is 11.0 Å². The van der Waals surface area contributed by atoms with Crippen molar-refractivity contribution in [2.45, 2.75) is 51.4 Å². The van der Waals surface area contributed by atoms with Gasteiger partial charge in [-0.15, -0.1) is 0 Å². The van der Waals surface area contributed by atoms with Gasteiger partial charge in [-0.2, -0.15) is 5.26 Å². The molecule has 1 aliphatic carbocycles. The molecule has 0 bridgehead atoms. The highest BCUT2D eigenvalue weighted by atomic mass is 16.2. The van der Waals surface area contributed by atoms with E-state index in [1.165, 1.54) is 44.9 Å². The monoisotopic (exact) mass is 277 g/mol. The first-order valence-electron chi connectivity index (χ1n) is 7.98. The summed E-state index contributed by atoms with van der Waals surface area (Å²) in [6, 6.07) is 2.09. The molecule has 4 nitrogen and oxygen atoms in total. The lowest BCUT2D eigenvalue weighted by Crippen LogP contribution is -2.45. The maximum Gasteiger partial charge on any atom is 0.236 e. The molecule has 2 rings (SSSR count). The molecule has 1 amide bonds. The molecule has 0 aromatic rings. The van der Waals surface area contributed by atoms with Gasteiger partial charge in [0, 0.05) is 13.6 Å². The normalized spacial score (nSPS) is 22.4. The van der Waals surface area contributed by atoms with Crippen LogP contribution in [0.15, 0.2) is 0 Å². The summed E-state index contributed by atoms with van der Waals surface area (Å²) in [5, 5.41) is 8.56. The van der Waals surface area contributed by atoms with Crippen LogP contribution in [0.4, 0.5) is 0 Å². The van der Waals surface area contributed by atoms with Crippen LogP contribution in [-0.2, 0) is 4.79 Å². The van der Waals surface area contributed by atoms with Gasteiger partial charge >= 0.3 is 0 Å². The molecule has 0 N–H and O–H groups in total. The van der Waals surface area contributed by atoms with Gasteiger partial charge in [0.05, 0.1) is 19.0 Å². The van der Waals surface area contributed by atoms with E-state index in [-0.39, 0.29) is 5.91 Å². The lowest BCUT2D eigenvalue weighted by Gasteiger charge is -2.44. The van der Waals surface area contributed by atoms with Gasteiger partial charge in [0.1, 0.15) is 0 Å². The van der Waals surface area contributed by atoms with Crippen LogP contribution < -0.4 is 0 Å². The number of hydrogen-bond acceptors (Lipinski definition) is 3. The Labute approximate surface area is 122 Å². The molecule has 1 saturated carbocycles. The number of nitriles is 1. The maximum absolute atomic E-state index is 12.1. The Balaban J connectivity index is 1.74. The van der Waals surface area contributed by atoms with Crippen LogP contribution in [0.2, 0.25) is 0 Å². The number of hydrogen-bond donors (Lipinski definition) is 0. The Kier molecular flexibility index (Phi) is 5.42. The topological polar surface area (TPSA) is 47.3 Å². The highest BCUT2D eigenvalue weighted by Gasteiger charge is 2.35. The summed E-state index contributed by atoms with van der Waals surface area (Å²) in [6.07, 6.45) is 9.96. The standard InChI is InChI=1S/C16H27N3O/c1-18(11-5-10-17)15(20)14-19-12-8-16(9-13-19)6-3-2-4-7-16/h2-9,11-14H2,1H3. The number of likely N-dealkylation sites (N-methyl/N-ethyl adjacent to an activating group) is 1. The van der Waals surface area contributed by atoms with Gasteiger partial charge in [0.15, 0.2) is 0 Å². The molecule has 2 fully saturated rings. The zero-order valence-electron chi connectivity index (χ0n) is 12.7. The van der Waals surface area contributed by atoms with Crippen molar-refractivity contribution in [3.05, 3.63) is 0 Å². The molecule has 0 aromatic carbocycles. The van der Waals surface area contributed by atoms with Gasteiger partial charge in [0.2, 0.25) is 5.91 Å². The van der Waals surface area contributed by atoms with Crippen LogP contribution in [0.1, 0.15) is 51.4 Å². The van der Waals surface area contributed by atoms with Crippen molar-refractivity contribution in [2.75, 3.05) is 33.2 Å². The lowest BCUT2D eigenvalue weighted by atomic mass is 9.68. The predicted molar refractivity (Wildman–Crippen MR) is 79.1 cm³/mol. The van der Waals surface area contributed by atoms with E-state index in [9.17, 15) is 4.79 Å². The lowest BCUT2D eigenvalue weighted by molar-refractivity contribution is -0.131. The van der Waals surface area contributed by atoms with Crippen LogP contribution in [0.5, 0.6) is 0 Å². The summed E-state index contributed by atoms with van der Waals surface area (Å²) in [6.45, 7) is 3.21. The quantitative estimate of drug-likeness (QED) is 0.793. The Morgan fingerprint density at radius 2 is 1.85 bits per heavy atom. The number of carbonyl (C=O) groups excluding carboxylic acids is 1. The van der Waals surface area contributed by atoms with E-state index in [4.69, 9.17) is 5.26 Å². The van der Waals surface area contributed by atoms with Crippen LogP contribution in [-0.4, -0.2) is 48.9 Å². The minimum atomic E-state index is 0.153. The minimum absolute atomic E-state index is 0.153. The minimum Gasteiger partial charge on any atom is -0.344 e. The van der Waals surface area contributed by atoms with E-state index < -0.39 is 0 Å². The van der Waals surface area contributed by atoms with Gasteiger partial charge < -0.3 is 4.90 Å². The van der Waals surface area contributed by atoms with Crippen molar-refractivity contribution < 1.29 is 4.79 Å². The van der Waals surface area contributed by atoms with Crippen molar-refractivity contribution in [1.82, 2.24) is 9.80 Å². The van der Waals surface area contributed by atoms with Crippen molar-refractivity contribution >= 4 is 5.91 Å². The second-order valence-corrected chi connectivity index (χ2v) is 6.56. The van der Waals surface area contributed by atoms with Gasteiger partial charge in [-0.25, -0.2) is 0 Å². The van der Waals surface area contributed by atoms with E-state index in [1.807, 2.05) is 0 Å². The molecule has 0 aromatic heterocycles. The summed E-state index contributed by atoms with van der Waals surface area (Å²) in [5.74, 6) is 0.153. The average Bonchev–Trinajstić information content (AvgIpc) is 2.48. The van der Waals surface area contributed by atoms with E-state index in [1.54, 1.807) is 11.9 Å². The fourth-order valence-corrected chi connectivity index (χ4v) is 3.64. The largest absolute Gasteiger partial charge is 0.344 e. The van der Waals surface area contributed by atoms with Gasteiger partial charge in [-0.1, -0.05) is 19.3 Å². The van der Waals surface area contributed by atoms with Crippen LogP contribution >= 0.6 is 0 Å². The Bertz CT molecular complexity index is 358. The molecule has 0 radical (unpaired) electrons. The van der Waals surface area contributed by atoms with Gasteiger partial charge in [-0.3, -0.25) is 9.69 Å². The molecule has 1 spiro atoms. The average molecular weight is 277 g/mol. The number of likely N-dealkylation sites (tertiary alicyclic amines) is 1. The predicted octanol–water partition coefficient (Wildman–Crippen LogP) is 2.40. The molecular weight excluding hydrogens is 250 g/mol. The summed E-state index contributed by atoms with van der Waals surface area (Å²) in [5.41, 5.74) is 0.602. The number of amides is 1. The SMILES string of the molecule is CN(CCC#N)C(=O)CN1CCC2(CCCCC2)CC1. The third-order valence-electron chi connectivity index (χ3n) is 5.17. The van der Waals surface area contributed by atoms with E-state index in [0.29, 0.717) is 24.9 Å². The fraction of sp³-hybridized carbons (Fsp3) is 0.875. The molecule has 2 aliphatic rings. The number of nitrogens with zero attached hydrogens (tertiary/aromatic N) is 3. The third-order valence-corrected chi connectivity index (χ3v) is 5.17. The fourth-order valence-electron chi connectivity index (χ4n) is 3.64. The summed E-state index contributed by atoms with van der Waals surface area (Å²) in [4.78, 5) is 16.0. The molecule has 112 valence electrons. The first-order valence-corrected chi connectivity index (χ1v) is 7.98. The molecular formula is C16H27N3O. The zero-order chi connectivity index (χ0) is 14.4. The number of piperidine rings is 1. The number of rotatable bonds is 4. The Morgan fingerprint density at radius 1 is 1.20 bits per heavy atom. The van der Waals surface area contributed by atoms with Crippen molar-refractivity contribution in [3.63, 3.8) is 0 Å². The van der Waals surface area contributed by atoms with Crippen molar-refractivity contribution in [3.8, 4) is 6.07 Å². The third kappa shape index (κ3) is 3.96. The maximum atomic E-state index is 12.1. The first kappa shape index (κ1) is 15.3. The van der Waals surface area contributed by atoms with Crippen LogP contribution in [0.3, 0.4) is 0 Å².